The van der Waals surface area contributed by atoms with Gasteiger partial charge in [0.2, 0.25) is 0 Å². The molecule has 0 radical (unpaired) electrons. The van der Waals surface area contributed by atoms with E-state index in [2.05, 4.69) is 24.3 Å². The summed E-state index contributed by atoms with van der Waals surface area (Å²) in [5, 5.41) is 0. The lowest BCUT2D eigenvalue weighted by Gasteiger charge is -2.39. The van der Waals surface area contributed by atoms with Crippen molar-refractivity contribution in [2.45, 2.75) is 51.4 Å². The van der Waals surface area contributed by atoms with Gasteiger partial charge in [-0.15, -0.1) is 0 Å². The van der Waals surface area contributed by atoms with Gasteiger partial charge in [0.1, 0.15) is 0 Å². The van der Waals surface area contributed by atoms with Crippen LogP contribution in [0.3, 0.4) is 0 Å². The monoisotopic (exact) mass is 292 g/mol. The molecule has 2 aliphatic rings. The number of ether oxygens (including phenoxy) is 2. The maximum absolute atomic E-state index is 5.63. The van der Waals surface area contributed by atoms with Crippen molar-refractivity contribution in [2.24, 2.45) is 17.3 Å². The number of rotatable bonds is 8. The van der Waals surface area contributed by atoms with Crippen LogP contribution < -0.4 is 0 Å². The highest BCUT2D eigenvalue weighted by Crippen LogP contribution is 2.40. The van der Waals surface area contributed by atoms with E-state index in [9.17, 15) is 0 Å². The van der Waals surface area contributed by atoms with Crippen molar-refractivity contribution >= 4 is 0 Å². The predicted molar refractivity (Wildman–Crippen MR) is 88.4 cm³/mol. The zero-order valence-corrected chi connectivity index (χ0v) is 13.9. The molecule has 21 heavy (non-hydrogen) atoms. The Bertz CT molecular complexity index is 311. The summed E-state index contributed by atoms with van der Waals surface area (Å²) in [5.74, 6) is 1.61. The van der Waals surface area contributed by atoms with Gasteiger partial charge in [0.25, 0.3) is 0 Å². The Morgan fingerprint density at radius 1 is 0.810 bits per heavy atom. The number of methoxy groups -OCH3 is 2. The molecule has 2 atom stereocenters. The van der Waals surface area contributed by atoms with Crippen LogP contribution in [0.25, 0.3) is 0 Å². The first-order valence-electron chi connectivity index (χ1n) is 8.56. The summed E-state index contributed by atoms with van der Waals surface area (Å²) in [7, 11) is 3.68. The fourth-order valence-corrected chi connectivity index (χ4v) is 4.28. The summed E-state index contributed by atoms with van der Waals surface area (Å²) in [6.07, 6.45) is 19.5. The lowest BCUT2D eigenvalue weighted by molar-refractivity contribution is -0.0232. The Hall–Kier alpha value is -0.600. The number of allylic oxidation sites excluding steroid dienone is 4. The maximum Gasteiger partial charge on any atom is 0.0540 e. The van der Waals surface area contributed by atoms with E-state index in [0.717, 1.165) is 25.0 Å². The molecular formula is C19H32O2. The van der Waals surface area contributed by atoms with E-state index in [4.69, 9.17) is 9.47 Å². The molecule has 0 aromatic carbocycles. The van der Waals surface area contributed by atoms with Crippen LogP contribution in [0, 0.1) is 17.3 Å². The summed E-state index contributed by atoms with van der Waals surface area (Å²) in [6, 6.07) is 0. The van der Waals surface area contributed by atoms with Gasteiger partial charge in [0, 0.05) is 19.6 Å². The van der Waals surface area contributed by atoms with Gasteiger partial charge in [0.15, 0.2) is 0 Å². The standard InChI is InChI=1S/C19H32O2/c1-20-15-19(16-21-2,13-17-9-5-3-6-10-17)14-18-11-7-4-8-12-18/h3-5,7,17-18H,6,8-16H2,1-2H3. The van der Waals surface area contributed by atoms with Gasteiger partial charge in [-0.3, -0.25) is 0 Å². The van der Waals surface area contributed by atoms with Crippen molar-refractivity contribution < 1.29 is 9.47 Å². The third-order valence-corrected chi connectivity index (χ3v) is 5.10. The second-order valence-electron chi connectivity index (χ2n) is 7.08. The SMILES string of the molecule is COCC(COC)(CC1CC=CCC1)CC1CC=CCC1. The van der Waals surface area contributed by atoms with Crippen LogP contribution in [0.2, 0.25) is 0 Å². The molecule has 0 saturated carbocycles. The molecule has 0 saturated heterocycles. The van der Waals surface area contributed by atoms with E-state index >= 15 is 0 Å². The summed E-state index contributed by atoms with van der Waals surface area (Å²) >= 11 is 0. The fourth-order valence-electron chi connectivity index (χ4n) is 4.28. The second-order valence-corrected chi connectivity index (χ2v) is 7.08. The molecule has 0 fully saturated rings. The number of hydrogen-bond donors (Lipinski definition) is 0. The van der Waals surface area contributed by atoms with E-state index in [1.54, 1.807) is 0 Å². The molecule has 0 aromatic heterocycles. The third-order valence-electron chi connectivity index (χ3n) is 5.10. The minimum Gasteiger partial charge on any atom is -0.384 e. The Morgan fingerprint density at radius 2 is 1.29 bits per heavy atom. The van der Waals surface area contributed by atoms with Gasteiger partial charge in [-0.25, -0.2) is 0 Å². The van der Waals surface area contributed by atoms with E-state index in [1.807, 2.05) is 14.2 Å². The van der Waals surface area contributed by atoms with Crippen LogP contribution in [0.15, 0.2) is 24.3 Å². The van der Waals surface area contributed by atoms with Crippen molar-refractivity contribution in [3.8, 4) is 0 Å². The van der Waals surface area contributed by atoms with E-state index in [1.165, 1.54) is 51.4 Å². The molecule has 2 rings (SSSR count). The molecule has 2 nitrogen and oxygen atoms in total. The van der Waals surface area contributed by atoms with Crippen LogP contribution in [0.5, 0.6) is 0 Å². The molecule has 0 aliphatic heterocycles. The molecular weight excluding hydrogens is 260 g/mol. The predicted octanol–water partition coefficient (Wildman–Crippen LogP) is 4.76. The Morgan fingerprint density at radius 3 is 1.62 bits per heavy atom. The fraction of sp³-hybridized carbons (Fsp3) is 0.789. The molecule has 0 amide bonds. The lowest BCUT2D eigenvalue weighted by atomic mass is 9.70. The van der Waals surface area contributed by atoms with Crippen molar-refractivity contribution in [3.63, 3.8) is 0 Å². The Labute approximate surface area is 130 Å². The van der Waals surface area contributed by atoms with Crippen molar-refractivity contribution in [1.29, 1.82) is 0 Å². The highest BCUT2D eigenvalue weighted by Gasteiger charge is 2.35. The van der Waals surface area contributed by atoms with E-state index in [-0.39, 0.29) is 5.41 Å². The largest absolute Gasteiger partial charge is 0.384 e. The minimum absolute atomic E-state index is 0.204. The summed E-state index contributed by atoms with van der Waals surface area (Å²) in [4.78, 5) is 0. The molecule has 0 N–H and O–H groups in total. The smallest absolute Gasteiger partial charge is 0.0540 e. The first-order chi connectivity index (χ1) is 10.3. The van der Waals surface area contributed by atoms with Gasteiger partial charge in [-0.05, 0) is 63.2 Å². The van der Waals surface area contributed by atoms with Crippen LogP contribution in [0.1, 0.15) is 51.4 Å². The normalized spacial score (nSPS) is 26.2. The molecule has 2 heteroatoms. The second kappa shape index (κ2) is 8.75. The van der Waals surface area contributed by atoms with Gasteiger partial charge in [0.05, 0.1) is 13.2 Å². The molecule has 0 aromatic rings. The highest BCUT2D eigenvalue weighted by atomic mass is 16.5. The molecule has 0 heterocycles. The van der Waals surface area contributed by atoms with Crippen LogP contribution in [-0.2, 0) is 9.47 Å². The first kappa shape index (κ1) is 16.8. The highest BCUT2D eigenvalue weighted by molar-refractivity contribution is 4.96. The quantitative estimate of drug-likeness (QED) is 0.601. The molecule has 2 aliphatic carbocycles. The molecule has 120 valence electrons. The zero-order chi connectivity index (χ0) is 15.0. The Balaban J connectivity index is 2.02. The minimum atomic E-state index is 0.204. The van der Waals surface area contributed by atoms with Gasteiger partial charge in [-0.1, -0.05) is 24.3 Å². The van der Waals surface area contributed by atoms with Gasteiger partial charge >= 0.3 is 0 Å². The average molecular weight is 292 g/mol. The van der Waals surface area contributed by atoms with Crippen molar-refractivity contribution in [1.82, 2.24) is 0 Å². The van der Waals surface area contributed by atoms with E-state index < -0.39 is 0 Å². The average Bonchev–Trinajstić information content (AvgIpc) is 2.50. The van der Waals surface area contributed by atoms with Crippen molar-refractivity contribution in [3.05, 3.63) is 24.3 Å². The van der Waals surface area contributed by atoms with Crippen LogP contribution in [-0.4, -0.2) is 27.4 Å². The van der Waals surface area contributed by atoms with Gasteiger partial charge < -0.3 is 9.47 Å². The molecule has 0 spiro atoms. The summed E-state index contributed by atoms with van der Waals surface area (Å²) in [6.45, 7) is 1.67. The lowest BCUT2D eigenvalue weighted by Crippen LogP contribution is -2.36. The molecule has 2 unspecified atom stereocenters. The third kappa shape index (κ3) is 5.27. The van der Waals surface area contributed by atoms with E-state index in [0.29, 0.717) is 0 Å². The van der Waals surface area contributed by atoms with Crippen molar-refractivity contribution in [2.75, 3.05) is 27.4 Å². The zero-order valence-electron chi connectivity index (χ0n) is 13.9. The summed E-state index contributed by atoms with van der Waals surface area (Å²) in [5.41, 5.74) is 0.204. The number of hydrogen-bond acceptors (Lipinski definition) is 2. The van der Waals surface area contributed by atoms with Crippen LogP contribution in [0.4, 0.5) is 0 Å². The van der Waals surface area contributed by atoms with Crippen LogP contribution >= 0.6 is 0 Å². The summed E-state index contributed by atoms with van der Waals surface area (Å²) < 4.78 is 11.3. The Kier molecular flexibility index (Phi) is 6.98. The first-order valence-corrected chi connectivity index (χ1v) is 8.56. The molecule has 0 bridgehead atoms. The maximum atomic E-state index is 5.63. The topological polar surface area (TPSA) is 18.5 Å². The van der Waals surface area contributed by atoms with Gasteiger partial charge in [-0.2, -0.15) is 0 Å².